The standard InChI is InChI=1S/C12H24N4O2S/c13-12(14)10-15-6-8-16(9-7-15)19(17,18)11-4-2-1-3-5-11/h11H,1-10H2,(H3,13,14). The minimum atomic E-state index is -3.12. The van der Waals surface area contributed by atoms with E-state index in [2.05, 4.69) is 0 Å². The normalized spacial score (nSPS) is 24.4. The molecule has 0 spiro atoms. The first-order valence-electron chi connectivity index (χ1n) is 7.04. The van der Waals surface area contributed by atoms with Gasteiger partial charge in [0.15, 0.2) is 0 Å². The quantitative estimate of drug-likeness (QED) is 0.571. The highest BCUT2D eigenvalue weighted by Crippen LogP contribution is 2.26. The van der Waals surface area contributed by atoms with Crippen molar-refractivity contribution in [1.82, 2.24) is 9.21 Å². The Morgan fingerprint density at radius 1 is 1.11 bits per heavy atom. The minimum absolute atomic E-state index is 0.142. The van der Waals surface area contributed by atoms with Gasteiger partial charge in [0.2, 0.25) is 10.0 Å². The second-order valence-electron chi connectivity index (χ2n) is 5.51. The molecule has 1 saturated carbocycles. The van der Waals surface area contributed by atoms with Crippen molar-refractivity contribution in [2.24, 2.45) is 5.73 Å². The van der Waals surface area contributed by atoms with Crippen LogP contribution in [0.5, 0.6) is 0 Å². The summed E-state index contributed by atoms with van der Waals surface area (Å²) in [4.78, 5) is 2.04. The Balaban J connectivity index is 1.90. The smallest absolute Gasteiger partial charge is 0.217 e. The lowest BCUT2D eigenvalue weighted by molar-refractivity contribution is 0.206. The van der Waals surface area contributed by atoms with Crippen molar-refractivity contribution in [3.05, 3.63) is 0 Å². The van der Waals surface area contributed by atoms with Crippen LogP contribution in [0.15, 0.2) is 0 Å². The van der Waals surface area contributed by atoms with E-state index in [9.17, 15) is 8.42 Å². The third kappa shape index (κ3) is 3.67. The third-order valence-corrected chi connectivity index (χ3v) is 6.46. The molecule has 0 atom stereocenters. The Morgan fingerprint density at radius 2 is 1.68 bits per heavy atom. The Kier molecular flexibility index (Phi) is 4.81. The fraction of sp³-hybridized carbons (Fsp3) is 0.917. The van der Waals surface area contributed by atoms with E-state index in [4.69, 9.17) is 11.1 Å². The highest BCUT2D eigenvalue weighted by molar-refractivity contribution is 7.89. The maximum atomic E-state index is 12.5. The number of amidine groups is 1. The summed E-state index contributed by atoms with van der Waals surface area (Å²) in [5.41, 5.74) is 5.37. The van der Waals surface area contributed by atoms with Gasteiger partial charge in [0.25, 0.3) is 0 Å². The van der Waals surface area contributed by atoms with Crippen molar-refractivity contribution in [2.45, 2.75) is 37.4 Å². The molecule has 3 N–H and O–H groups in total. The van der Waals surface area contributed by atoms with E-state index in [0.29, 0.717) is 32.7 Å². The lowest BCUT2D eigenvalue weighted by Crippen LogP contribution is -2.52. The molecule has 110 valence electrons. The van der Waals surface area contributed by atoms with Crippen LogP contribution in [0.2, 0.25) is 0 Å². The molecule has 0 bridgehead atoms. The van der Waals surface area contributed by atoms with Crippen LogP contribution in [0, 0.1) is 5.41 Å². The third-order valence-electron chi connectivity index (χ3n) is 4.06. The van der Waals surface area contributed by atoms with Crippen molar-refractivity contribution >= 4 is 15.9 Å². The number of nitrogens with two attached hydrogens (primary N) is 1. The van der Waals surface area contributed by atoms with Gasteiger partial charge in [-0.05, 0) is 12.8 Å². The average molecular weight is 288 g/mol. The predicted octanol–water partition coefficient (Wildman–Crippen LogP) is 0.202. The number of nitrogens with one attached hydrogen (secondary N) is 1. The number of hydrogen-bond acceptors (Lipinski definition) is 4. The van der Waals surface area contributed by atoms with Crippen LogP contribution in [0.25, 0.3) is 0 Å². The Labute approximate surface area is 115 Å². The molecule has 2 rings (SSSR count). The molecule has 6 nitrogen and oxygen atoms in total. The fourth-order valence-corrected chi connectivity index (χ4v) is 4.98. The molecular weight excluding hydrogens is 264 g/mol. The summed E-state index contributed by atoms with van der Waals surface area (Å²) in [6.45, 7) is 2.85. The first-order chi connectivity index (χ1) is 9.00. The number of hydrogen-bond donors (Lipinski definition) is 2. The molecule has 7 heteroatoms. The average Bonchev–Trinajstić information content (AvgIpc) is 2.40. The summed E-state index contributed by atoms with van der Waals surface area (Å²) in [7, 11) is -3.12. The fourth-order valence-electron chi connectivity index (χ4n) is 2.96. The molecule has 19 heavy (non-hydrogen) atoms. The molecule has 1 aliphatic heterocycles. The van der Waals surface area contributed by atoms with Crippen molar-refractivity contribution in [3.8, 4) is 0 Å². The van der Waals surface area contributed by atoms with Crippen LogP contribution in [-0.4, -0.2) is 61.4 Å². The Bertz CT molecular complexity index is 409. The van der Waals surface area contributed by atoms with Gasteiger partial charge in [-0.15, -0.1) is 0 Å². The second-order valence-corrected chi connectivity index (χ2v) is 7.72. The predicted molar refractivity (Wildman–Crippen MR) is 75.7 cm³/mol. The molecule has 0 amide bonds. The zero-order chi connectivity index (χ0) is 13.9. The highest BCUT2D eigenvalue weighted by atomic mass is 32.2. The zero-order valence-electron chi connectivity index (χ0n) is 11.3. The monoisotopic (exact) mass is 288 g/mol. The lowest BCUT2D eigenvalue weighted by atomic mass is 10.0. The Hall–Kier alpha value is -0.660. The highest BCUT2D eigenvalue weighted by Gasteiger charge is 2.34. The molecule has 1 saturated heterocycles. The molecular formula is C12H24N4O2S. The van der Waals surface area contributed by atoms with E-state index in [1.54, 1.807) is 4.31 Å². The van der Waals surface area contributed by atoms with Gasteiger partial charge in [-0.25, -0.2) is 8.42 Å². The Morgan fingerprint density at radius 3 is 2.21 bits per heavy atom. The first kappa shape index (κ1) is 14.7. The lowest BCUT2D eigenvalue weighted by Gasteiger charge is -2.36. The van der Waals surface area contributed by atoms with Crippen molar-refractivity contribution in [3.63, 3.8) is 0 Å². The van der Waals surface area contributed by atoms with Gasteiger partial charge in [-0.3, -0.25) is 10.3 Å². The molecule has 2 fully saturated rings. The van der Waals surface area contributed by atoms with Gasteiger partial charge >= 0.3 is 0 Å². The van der Waals surface area contributed by atoms with Gasteiger partial charge in [0, 0.05) is 26.2 Å². The van der Waals surface area contributed by atoms with Crippen molar-refractivity contribution in [2.75, 3.05) is 32.7 Å². The largest absolute Gasteiger partial charge is 0.387 e. The van der Waals surface area contributed by atoms with Crippen LogP contribution in [0.1, 0.15) is 32.1 Å². The van der Waals surface area contributed by atoms with Gasteiger partial charge in [0.1, 0.15) is 5.84 Å². The van der Waals surface area contributed by atoms with Crippen LogP contribution in [-0.2, 0) is 10.0 Å². The number of nitrogens with zero attached hydrogens (tertiary/aromatic N) is 2. The van der Waals surface area contributed by atoms with E-state index in [-0.39, 0.29) is 11.1 Å². The molecule has 0 radical (unpaired) electrons. The van der Waals surface area contributed by atoms with E-state index in [1.165, 1.54) is 6.42 Å². The van der Waals surface area contributed by atoms with Crippen molar-refractivity contribution in [1.29, 1.82) is 5.41 Å². The maximum absolute atomic E-state index is 12.5. The zero-order valence-corrected chi connectivity index (χ0v) is 12.2. The van der Waals surface area contributed by atoms with E-state index >= 15 is 0 Å². The summed E-state index contributed by atoms with van der Waals surface area (Å²) in [6, 6.07) is 0. The topological polar surface area (TPSA) is 90.5 Å². The molecule has 0 aromatic rings. The SMILES string of the molecule is N=C(N)CN1CCN(S(=O)(=O)C2CCCCC2)CC1. The first-order valence-corrected chi connectivity index (χ1v) is 8.54. The summed E-state index contributed by atoms with van der Waals surface area (Å²) in [6.07, 6.45) is 4.87. The maximum Gasteiger partial charge on any atom is 0.217 e. The van der Waals surface area contributed by atoms with Gasteiger partial charge < -0.3 is 5.73 Å². The molecule has 0 aromatic carbocycles. The van der Waals surface area contributed by atoms with Gasteiger partial charge in [0.05, 0.1) is 11.8 Å². The number of piperazine rings is 1. The molecule has 1 heterocycles. The summed E-state index contributed by atoms with van der Waals surface area (Å²) >= 11 is 0. The summed E-state index contributed by atoms with van der Waals surface area (Å²) < 4.78 is 26.7. The molecule has 1 aliphatic carbocycles. The molecule has 2 aliphatic rings. The summed E-state index contributed by atoms with van der Waals surface area (Å²) in [5, 5.41) is 7.10. The van der Waals surface area contributed by atoms with E-state index in [1.807, 2.05) is 4.90 Å². The van der Waals surface area contributed by atoms with Gasteiger partial charge in [-0.2, -0.15) is 4.31 Å². The van der Waals surface area contributed by atoms with Crippen LogP contribution < -0.4 is 5.73 Å². The van der Waals surface area contributed by atoms with E-state index < -0.39 is 10.0 Å². The van der Waals surface area contributed by atoms with E-state index in [0.717, 1.165) is 25.7 Å². The molecule has 0 unspecified atom stereocenters. The van der Waals surface area contributed by atoms with Gasteiger partial charge in [-0.1, -0.05) is 19.3 Å². The molecule has 0 aromatic heterocycles. The second kappa shape index (κ2) is 6.19. The minimum Gasteiger partial charge on any atom is -0.387 e. The van der Waals surface area contributed by atoms with Crippen LogP contribution in [0.3, 0.4) is 0 Å². The van der Waals surface area contributed by atoms with Crippen molar-refractivity contribution < 1.29 is 8.42 Å². The number of sulfonamides is 1. The number of rotatable bonds is 4. The van der Waals surface area contributed by atoms with Crippen LogP contribution >= 0.6 is 0 Å². The van der Waals surface area contributed by atoms with Crippen LogP contribution in [0.4, 0.5) is 0 Å². The summed E-state index contributed by atoms with van der Waals surface area (Å²) in [5.74, 6) is 0.142.